The van der Waals surface area contributed by atoms with Crippen molar-refractivity contribution in [1.82, 2.24) is 5.32 Å². The molecule has 1 rings (SSSR count). The van der Waals surface area contributed by atoms with Crippen LogP contribution in [0, 0.1) is 6.92 Å². The van der Waals surface area contributed by atoms with Crippen molar-refractivity contribution in [3.05, 3.63) is 29.3 Å². The lowest BCUT2D eigenvalue weighted by molar-refractivity contribution is 0.100. The van der Waals surface area contributed by atoms with Crippen LogP contribution in [-0.2, 0) is 0 Å². The second-order valence-electron chi connectivity index (χ2n) is 6.77. The van der Waals surface area contributed by atoms with Crippen molar-refractivity contribution in [2.45, 2.75) is 59.1 Å². The molecule has 0 spiro atoms. The molecule has 1 aromatic carbocycles. The number of halogens is 1. The lowest BCUT2D eigenvalue weighted by atomic mass is 9.98. The topological polar surface area (TPSA) is 41.5 Å². The molecule has 1 atom stereocenters. The normalized spacial score (nSPS) is 13.0. The first kappa shape index (κ1) is 20.2. The molecule has 122 valence electrons. The number of β-amino-alcohol motifs (C(OH)–C–C–N with tert-alkyl or cyclic N) is 1. The Morgan fingerprint density at radius 1 is 1.24 bits per heavy atom. The monoisotopic (exact) mass is 315 g/mol. The summed E-state index contributed by atoms with van der Waals surface area (Å²) in [5, 5.41) is 13.2. The van der Waals surface area contributed by atoms with Gasteiger partial charge in [0.2, 0.25) is 0 Å². The third-order valence-electron chi connectivity index (χ3n) is 3.17. The molecular formula is C17H30ClNO2. The molecule has 0 aromatic heterocycles. The Kier molecular flexibility index (Phi) is 8.30. The zero-order chi connectivity index (χ0) is 15.3. The fraction of sp³-hybridized carbons (Fsp3) is 0.647. The fourth-order valence-electron chi connectivity index (χ4n) is 2.06. The predicted octanol–water partition coefficient (Wildman–Crippen LogP) is 3.67. The van der Waals surface area contributed by atoms with Crippen molar-refractivity contribution in [1.29, 1.82) is 0 Å². The van der Waals surface area contributed by atoms with Gasteiger partial charge in [-0.05, 0) is 56.9 Å². The van der Waals surface area contributed by atoms with Crippen molar-refractivity contribution < 1.29 is 9.84 Å². The molecule has 0 aliphatic rings. The van der Waals surface area contributed by atoms with Crippen molar-refractivity contribution >= 4 is 12.4 Å². The van der Waals surface area contributed by atoms with E-state index in [0.717, 1.165) is 5.75 Å². The summed E-state index contributed by atoms with van der Waals surface area (Å²) >= 11 is 0. The zero-order valence-corrected chi connectivity index (χ0v) is 14.9. The van der Waals surface area contributed by atoms with Gasteiger partial charge in [-0.15, -0.1) is 12.4 Å². The first-order chi connectivity index (χ1) is 9.19. The minimum Gasteiger partial charge on any atom is -0.491 e. The van der Waals surface area contributed by atoms with Crippen molar-refractivity contribution in [2.24, 2.45) is 0 Å². The number of nitrogens with one attached hydrogen (secondary N) is 1. The smallest absolute Gasteiger partial charge is 0.119 e. The number of aliphatic hydroxyl groups excluding tert-OH is 1. The predicted molar refractivity (Wildman–Crippen MR) is 91.8 cm³/mol. The van der Waals surface area contributed by atoms with E-state index in [0.29, 0.717) is 19.1 Å². The summed E-state index contributed by atoms with van der Waals surface area (Å²) in [6.07, 6.45) is -0.501. The molecule has 0 saturated carbocycles. The lowest BCUT2D eigenvalue weighted by Crippen LogP contribution is -2.42. The molecule has 0 fully saturated rings. The van der Waals surface area contributed by atoms with Gasteiger partial charge in [0.25, 0.3) is 0 Å². The van der Waals surface area contributed by atoms with Gasteiger partial charge in [-0.25, -0.2) is 0 Å². The maximum absolute atomic E-state index is 9.90. The van der Waals surface area contributed by atoms with Crippen LogP contribution in [0.3, 0.4) is 0 Å². The standard InChI is InChI=1S/C17H29NO2.ClH/c1-12(2)16-8-7-15(9-13(16)3)20-11-14(19)10-18-17(4,5)6;/h7-9,12,14,18-19H,10-11H2,1-6H3;1H. The Morgan fingerprint density at radius 2 is 1.86 bits per heavy atom. The number of aryl methyl sites for hydroxylation is 1. The molecule has 21 heavy (non-hydrogen) atoms. The van der Waals surface area contributed by atoms with E-state index in [9.17, 15) is 5.11 Å². The van der Waals surface area contributed by atoms with Gasteiger partial charge >= 0.3 is 0 Å². The molecule has 0 aliphatic heterocycles. The molecule has 3 nitrogen and oxygen atoms in total. The van der Waals surface area contributed by atoms with E-state index >= 15 is 0 Å². The fourth-order valence-corrected chi connectivity index (χ4v) is 2.06. The number of ether oxygens (including phenoxy) is 1. The van der Waals surface area contributed by atoms with Crippen LogP contribution < -0.4 is 10.1 Å². The molecule has 0 saturated heterocycles. The van der Waals surface area contributed by atoms with Crippen molar-refractivity contribution in [3.63, 3.8) is 0 Å². The van der Waals surface area contributed by atoms with E-state index in [1.807, 2.05) is 12.1 Å². The molecule has 4 heteroatoms. The lowest BCUT2D eigenvalue weighted by Gasteiger charge is -2.23. The molecule has 0 radical (unpaired) electrons. The molecule has 0 heterocycles. The highest BCUT2D eigenvalue weighted by atomic mass is 35.5. The molecule has 0 aliphatic carbocycles. The van der Waals surface area contributed by atoms with Gasteiger partial charge in [0.1, 0.15) is 18.5 Å². The van der Waals surface area contributed by atoms with Crippen LogP contribution in [0.4, 0.5) is 0 Å². The van der Waals surface area contributed by atoms with Gasteiger partial charge in [0, 0.05) is 12.1 Å². The average molecular weight is 316 g/mol. The van der Waals surface area contributed by atoms with Crippen LogP contribution in [0.5, 0.6) is 5.75 Å². The number of benzene rings is 1. The Balaban J connectivity index is 0.00000400. The third kappa shape index (κ3) is 7.70. The van der Waals surface area contributed by atoms with Crippen molar-refractivity contribution in [3.8, 4) is 5.75 Å². The van der Waals surface area contributed by atoms with Crippen LogP contribution in [0.2, 0.25) is 0 Å². The molecule has 1 unspecified atom stereocenters. The molecular weight excluding hydrogens is 286 g/mol. The number of hydrogen-bond donors (Lipinski definition) is 2. The summed E-state index contributed by atoms with van der Waals surface area (Å²) in [7, 11) is 0. The highest BCUT2D eigenvalue weighted by molar-refractivity contribution is 5.85. The quantitative estimate of drug-likeness (QED) is 0.841. The van der Waals surface area contributed by atoms with Crippen LogP contribution in [0.15, 0.2) is 18.2 Å². The zero-order valence-electron chi connectivity index (χ0n) is 14.1. The highest BCUT2D eigenvalue weighted by Crippen LogP contribution is 2.23. The number of hydrogen-bond acceptors (Lipinski definition) is 3. The second-order valence-corrected chi connectivity index (χ2v) is 6.77. The van der Waals surface area contributed by atoms with Gasteiger partial charge in [-0.3, -0.25) is 0 Å². The molecule has 2 N–H and O–H groups in total. The third-order valence-corrected chi connectivity index (χ3v) is 3.17. The Hall–Kier alpha value is -0.770. The van der Waals surface area contributed by atoms with E-state index in [1.54, 1.807) is 0 Å². The largest absolute Gasteiger partial charge is 0.491 e. The summed E-state index contributed by atoms with van der Waals surface area (Å²) in [6, 6.07) is 6.13. The van der Waals surface area contributed by atoms with Crippen LogP contribution in [0.1, 0.15) is 51.7 Å². The van der Waals surface area contributed by atoms with Gasteiger partial charge in [0.05, 0.1) is 0 Å². The van der Waals surface area contributed by atoms with Gasteiger partial charge in [0.15, 0.2) is 0 Å². The SMILES string of the molecule is Cc1cc(OCC(O)CNC(C)(C)C)ccc1C(C)C.Cl. The summed E-state index contributed by atoms with van der Waals surface area (Å²) in [6.45, 7) is 13.5. The van der Waals surface area contributed by atoms with Crippen LogP contribution in [-0.4, -0.2) is 29.9 Å². The first-order valence-corrected chi connectivity index (χ1v) is 7.35. The van der Waals surface area contributed by atoms with Gasteiger partial charge < -0.3 is 15.2 Å². The molecule has 0 amide bonds. The van der Waals surface area contributed by atoms with E-state index in [-0.39, 0.29) is 17.9 Å². The van der Waals surface area contributed by atoms with E-state index < -0.39 is 6.10 Å². The van der Waals surface area contributed by atoms with Gasteiger partial charge in [-0.1, -0.05) is 19.9 Å². The first-order valence-electron chi connectivity index (χ1n) is 7.35. The maximum atomic E-state index is 9.90. The molecule has 0 bridgehead atoms. The summed E-state index contributed by atoms with van der Waals surface area (Å²) in [4.78, 5) is 0. The summed E-state index contributed by atoms with van der Waals surface area (Å²) in [5.74, 6) is 1.34. The number of aliphatic hydroxyl groups is 1. The minimum atomic E-state index is -0.501. The number of rotatable bonds is 6. The van der Waals surface area contributed by atoms with Crippen LogP contribution in [0.25, 0.3) is 0 Å². The van der Waals surface area contributed by atoms with Crippen LogP contribution >= 0.6 is 12.4 Å². The van der Waals surface area contributed by atoms with E-state index in [4.69, 9.17) is 4.74 Å². The molecule has 1 aromatic rings. The Morgan fingerprint density at radius 3 is 2.33 bits per heavy atom. The summed E-state index contributed by atoms with van der Waals surface area (Å²) in [5.41, 5.74) is 2.59. The maximum Gasteiger partial charge on any atom is 0.119 e. The summed E-state index contributed by atoms with van der Waals surface area (Å²) < 4.78 is 5.66. The van der Waals surface area contributed by atoms with Gasteiger partial charge in [-0.2, -0.15) is 0 Å². The van der Waals surface area contributed by atoms with E-state index in [2.05, 4.69) is 52.9 Å². The van der Waals surface area contributed by atoms with E-state index in [1.165, 1.54) is 11.1 Å². The van der Waals surface area contributed by atoms with Crippen molar-refractivity contribution in [2.75, 3.05) is 13.2 Å². The highest BCUT2D eigenvalue weighted by Gasteiger charge is 2.13. The second kappa shape index (κ2) is 8.62. The Bertz CT molecular complexity index is 427. The Labute approximate surface area is 135 Å². The average Bonchev–Trinajstić information content (AvgIpc) is 2.32. The minimum absolute atomic E-state index is 0.